The van der Waals surface area contributed by atoms with E-state index in [1.165, 1.54) is 23.3 Å². The highest BCUT2D eigenvalue weighted by molar-refractivity contribution is 6.48. The molecule has 0 amide bonds. The standard InChI is InChI=1S/C22H12Cl3F7N2O/c23-16-6-12(7-17(24)20(16)25)14(21(27,28)29)8-18(26)11-1-2-13(15(5-11)22(30,31)32)19(35)9-34-4-3-33-10-34/h1-8,10,14H,9H2/b18-8-. The Hall–Kier alpha value is -2.56. The van der Waals surface area contributed by atoms with Crippen LogP contribution < -0.4 is 0 Å². The molecule has 0 saturated heterocycles. The molecule has 13 heteroatoms. The maximum absolute atomic E-state index is 14.9. The second-order valence-corrected chi connectivity index (χ2v) is 8.44. The summed E-state index contributed by atoms with van der Waals surface area (Å²) in [6, 6.07) is 3.44. The highest BCUT2D eigenvalue weighted by Gasteiger charge is 2.41. The van der Waals surface area contributed by atoms with Gasteiger partial charge in [-0.2, -0.15) is 26.3 Å². The van der Waals surface area contributed by atoms with E-state index in [2.05, 4.69) is 4.98 Å². The molecular weight excluding hydrogens is 548 g/mol. The molecule has 186 valence electrons. The minimum Gasteiger partial charge on any atom is -0.330 e. The van der Waals surface area contributed by atoms with Crippen LogP contribution in [0, 0.1) is 0 Å². The predicted octanol–water partition coefficient (Wildman–Crippen LogP) is 8.40. The average molecular weight is 560 g/mol. The maximum Gasteiger partial charge on any atom is 0.417 e. The van der Waals surface area contributed by atoms with Crippen molar-refractivity contribution in [2.45, 2.75) is 24.8 Å². The number of nitrogens with zero attached hydrogens (tertiary/aromatic N) is 2. The average Bonchev–Trinajstić information content (AvgIpc) is 3.26. The molecule has 35 heavy (non-hydrogen) atoms. The van der Waals surface area contributed by atoms with Crippen molar-refractivity contribution in [2.75, 3.05) is 0 Å². The number of allylic oxidation sites excluding steroid dienone is 1. The van der Waals surface area contributed by atoms with Crippen molar-refractivity contribution >= 4 is 46.4 Å². The van der Waals surface area contributed by atoms with Gasteiger partial charge in [-0.15, -0.1) is 0 Å². The van der Waals surface area contributed by atoms with Gasteiger partial charge in [0.25, 0.3) is 0 Å². The molecule has 0 bridgehead atoms. The number of carbonyl (C=O) groups excluding carboxylic acids is 1. The van der Waals surface area contributed by atoms with Gasteiger partial charge in [0.05, 0.1) is 33.5 Å². The van der Waals surface area contributed by atoms with Gasteiger partial charge in [0, 0.05) is 23.5 Å². The summed E-state index contributed by atoms with van der Waals surface area (Å²) in [6.07, 6.45) is -6.15. The van der Waals surface area contributed by atoms with Crippen LogP contribution in [0.25, 0.3) is 5.83 Å². The number of aromatic nitrogens is 2. The summed E-state index contributed by atoms with van der Waals surface area (Å²) in [5.74, 6) is -5.16. The molecule has 0 fully saturated rings. The van der Waals surface area contributed by atoms with Crippen LogP contribution in [0.2, 0.25) is 15.1 Å². The van der Waals surface area contributed by atoms with Crippen LogP contribution in [0.5, 0.6) is 0 Å². The quantitative estimate of drug-likeness (QED) is 0.173. The molecule has 2 aromatic carbocycles. The van der Waals surface area contributed by atoms with Gasteiger partial charge in [-0.05, 0) is 29.8 Å². The van der Waals surface area contributed by atoms with E-state index in [1.54, 1.807) is 0 Å². The Kier molecular flexibility index (Phi) is 7.88. The first-order valence-electron chi connectivity index (χ1n) is 9.47. The molecule has 0 aliphatic rings. The normalized spacial score (nSPS) is 13.7. The minimum atomic E-state index is -5.09. The van der Waals surface area contributed by atoms with Gasteiger partial charge >= 0.3 is 12.4 Å². The monoisotopic (exact) mass is 558 g/mol. The van der Waals surface area contributed by atoms with E-state index in [-0.39, 0.29) is 27.2 Å². The number of Topliss-reactive ketones (excluding diaryl/α,β-unsaturated/α-hetero) is 1. The van der Waals surface area contributed by atoms with Gasteiger partial charge in [-0.3, -0.25) is 4.79 Å². The summed E-state index contributed by atoms with van der Waals surface area (Å²) in [6.45, 7) is -0.477. The molecule has 3 rings (SSSR count). The number of imidazole rings is 1. The Morgan fingerprint density at radius 1 is 1.03 bits per heavy atom. The number of hydrogen-bond donors (Lipinski definition) is 0. The molecule has 1 aromatic heterocycles. The number of rotatable bonds is 6. The van der Waals surface area contributed by atoms with Crippen molar-refractivity contribution in [1.29, 1.82) is 0 Å². The van der Waals surface area contributed by atoms with Crippen LogP contribution in [-0.4, -0.2) is 21.5 Å². The van der Waals surface area contributed by atoms with Gasteiger partial charge in [0.2, 0.25) is 0 Å². The van der Waals surface area contributed by atoms with Crippen LogP contribution in [0.3, 0.4) is 0 Å². The zero-order valence-corrected chi connectivity index (χ0v) is 19.3. The molecule has 0 spiro atoms. The summed E-state index contributed by atoms with van der Waals surface area (Å²) in [5, 5.41) is -0.858. The van der Waals surface area contributed by atoms with E-state index in [0.29, 0.717) is 6.07 Å². The number of benzene rings is 2. The van der Waals surface area contributed by atoms with Crippen LogP contribution in [0.1, 0.15) is 33.0 Å². The van der Waals surface area contributed by atoms with Crippen LogP contribution in [0.15, 0.2) is 55.1 Å². The molecule has 0 aliphatic carbocycles. The Bertz CT molecular complexity index is 1250. The zero-order chi connectivity index (χ0) is 26.1. The molecule has 3 aromatic rings. The van der Waals surface area contributed by atoms with Crippen molar-refractivity contribution in [2.24, 2.45) is 0 Å². The van der Waals surface area contributed by atoms with Crippen LogP contribution in [0.4, 0.5) is 30.7 Å². The molecule has 0 aliphatic heterocycles. The molecule has 1 unspecified atom stereocenters. The van der Waals surface area contributed by atoms with Gasteiger partial charge in [-0.1, -0.05) is 46.9 Å². The molecule has 0 N–H and O–H groups in total. The lowest BCUT2D eigenvalue weighted by atomic mass is 9.95. The van der Waals surface area contributed by atoms with E-state index >= 15 is 0 Å². The second-order valence-electron chi connectivity index (χ2n) is 7.25. The molecule has 0 saturated carbocycles. The van der Waals surface area contributed by atoms with Crippen LogP contribution in [-0.2, 0) is 12.7 Å². The van der Waals surface area contributed by atoms with Crippen molar-refractivity contribution < 1.29 is 35.5 Å². The number of alkyl halides is 6. The first-order chi connectivity index (χ1) is 16.2. The second kappa shape index (κ2) is 10.2. The molecule has 3 nitrogen and oxygen atoms in total. The number of hydrogen-bond acceptors (Lipinski definition) is 2. The Balaban J connectivity index is 2.05. The first kappa shape index (κ1) is 27.0. The summed E-state index contributed by atoms with van der Waals surface area (Å²) >= 11 is 17.3. The Morgan fingerprint density at radius 3 is 2.17 bits per heavy atom. The minimum absolute atomic E-state index is 0.0956. The van der Waals surface area contributed by atoms with E-state index in [1.807, 2.05) is 0 Å². The van der Waals surface area contributed by atoms with E-state index in [0.717, 1.165) is 18.2 Å². The third-order valence-electron chi connectivity index (χ3n) is 4.82. The fraction of sp³-hybridized carbons (Fsp3) is 0.182. The molecule has 1 heterocycles. The highest BCUT2D eigenvalue weighted by Crippen LogP contribution is 2.42. The zero-order valence-electron chi connectivity index (χ0n) is 17.1. The number of carbonyl (C=O) groups is 1. The van der Waals surface area contributed by atoms with Gasteiger partial charge in [-0.25, -0.2) is 9.37 Å². The molecular formula is C22H12Cl3F7N2O. The SMILES string of the molecule is O=C(Cn1ccnc1)c1ccc(/C(F)=C/C(c2cc(Cl)c(Cl)c(Cl)c2)C(F)(F)F)cc1C(F)(F)F. The van der Waals surface area contributed by atoms with E-state index in [9.17, 15) is 35.5 Å². The van der Waals surface area contributed by atoms with Crippen molar-refractivity contribution in [3.63, 3.8) is 0 Å². The smallest absolute Gasteiger partial charge is 0.330 e. The van der Waals surface area contributed by atoms with Crippen LogP contribution >= 0.6 is 34.8 Å². The third-order valence-corrected chi connectivity index (χ3v) is 6.01. The fourth-order valence-corrected chi connectivity index (χ4v) is 3.79. The molecule has 0 radical (unpaired) electrons. The summed E-state index contributed by atoms with van der Waals surface area (Å²) in [5.41, 5.74) is -3.65. The Labute approximate surface area is 208 Å². The maximum atomic E-state index is 14.9. The highest BCUT2D eigenvalue weighted by atomic mass is 35.5. The predicted molar refractivity (Wildman–Crippen MR) is 117 cm³/mol. The van der Waals surface area contributed by atoms with Crippen molar-refractivity contribution in [3.05, 3.63) is 92.5 Å². The van der Waals surface area contributed by atoms with Crippen molar-refractivity contribution in [1.82, 2.24) is 9.55 Å². The third kappa shape index (κ3) is 6.36. The number of ketones is 1. The van der Waals surface area contributed by atoms with Gasteiger partial charge in [0.1, 0.15) is 11.7 Å². The lowest BCUT2D eigenvalue weighted by Crippen LogP contribution is -2.19. The summed E-state index contributed by atoms with van der Waals surface area (Å²) in [7, 11) is 0. The summed E-state index contributed by atoms with van der Waals surface area (Å²) < 4.78 is 98.1. The van der Waals surface area contributed by atoms with E-state index < -0.39 is 58.7 Å². The first-order valence-corrected chi connectivity index (χ1v) is 10.6. The largest absolute Gasteiger partial charge is 0.417 e. The topological polar surface area (TPSA) is 34.9 Å². The number of halogens is 10. The summed E-state index contributed by atoms with van der Waals surface area (Å²) in [4.78, 5) is 16.1. The van der Waals surface area contributed by atoms with Gasteiger partial charge < -0.3 is 4.57 Å². The lowest BCUT2D eigenvalue weighted by Gasteiger charge is -2.19. The van der Waals surface area contributed by atoms with E-state index in [4.69, 9.17) is 34.8 Å². The lowest BCUT2D eigenvalue weighted by molar-refractivity contribution is -0.140. The van der Waals surface area contributed by atoms with Gasteiger partial charge in [0.15, 0.2) is 5.78 Å². The molecule has 1 atom stereocenters. The van der Waals surface area contributed by atoms with Crippen molar-refractivity contribution in [3.8, 4) is 0 Å². The fourth-order valence-electron chi connectivity index (χ4n) is 3.18. The Morgan fingerprint density at radius 2 is 1.66 bits per heavy atom.